The van der Waals surface area contributed by atoms with Gasteiger partial charge in [0.2, 0.25) is 5.91 Å². The van der Waals surface area contributed by atoms with E-state index in [-0.39, 0.29) is 24.3 Å². The molecule has 1 aromatic carbocycles. The minimum Gasteiger partial charge on any atom is -0.355 e. The molecule has 3 nitrogen and oxygen atoms in total. The molecule has 1 unspecified atom stereocenters. The van der Waals surface area contributed by atoms with Gasteiger partial charge in [-0.25, -0.2) is 8.78 Å². The van der Waals surface area contributed by atoms with Gasteiger partial charge in [-0.15, -0.1) is 0 Å². The summed E-state index contributed by atoms with van der Waals surface area (Å²) in [6.45, 7) is 1.60. The average molecular weight is 268 g/mol. The molecule has 19 heavy (non-hydrogen) atoms. The van der Waals surface area contributed by atoms with Crippen molar-refractivity contribution in [1.82, 2.24) is 10.6 Å². The number of hydrogen-bond donors (Lipinski definition) is 2. The molecule has 1 atom stereocenters. The van der Waals surface area contributed by atoms with E-state index in [2.05, 4.69) is 10.6 Å². The highest BCUT2D eigenvalue weighted by atomic mass is 19.1. The number of hydrogen-bond acceptors (Lipinski definition) is 2. The largest absolute Gasteiger partial charge is 0.355 e. The van der Waals surface area contributed by atoms with Crippen LogP contribution in [0.1, 0.15) is 24.8 Å². The van der Waals surface area contributed by atoms with E-state index in [0.717, 1.165) is 37.6 Å². The third-order valence-electron chi connectivity index (χ3n) is 3.34. The molecule has 1 heterocycles. The Morgan fingerprint density at radius 2 is 2.26 bits per heavy atom. The number of rotatable bonds is 5. The first-order valence-corrected chi connectivity index (χ1v) is 6.59. The van der Waals surface area contributed by atoms with E-state index >= 15 is 0 Å². The molecule has 0 bridgehead atoms. The van der Waals surface area contributed by atoms with Crippen molar-refractivity contribution >= 4 is 5.91 Å². The molecule has 0 saturated carbocycles. The maximum atomic E-state index is 13.3. The van der Waals surface area contributed by atoms with Gasteiger partial charge in [-0.3, -0.25) is 4.79 Å². The van der Waals surface area contributed by atoms with Crippen molar-refractivity contribution in [3.63, 3.8) is 0 Å². The third kappa shape index (κ3) is 4.28. The van der Waals surface area contributed by atoms with Gasteiger partial charge < -0.3 is 10.6 Å². The molecule has 1 amide bonds. The lowest BCUT2D eigenvalue weighted by Crippen LogP contribution is -2.37. The summed E-state index contributed by atoms with van der Waals surface area (Å²) in [4.78, 5) is 11.6. The Morgan fingerprint density at radius 1 is 1.42 bits per heavy atom. The van der Waals surface area contributed by atoms with E-state index in [1.54, 1.807) is 0 Å². The Kier molecular flexibility index (Phi) is 4.85. The summed E-state index contributed by atoms with van der Waals surface area (Å²) in [5.41, 5.74) is 0.245. The zero-order chi connectivity index (χ0) is 13.7. The molecule has 0 radical (unpaired) electrons. The number of benzene rings is 1. The fourth-order valence-electron chi connectivity index (χ4n) is 2.24. The number of carbonyl (C=O) groups excluding carboxylic acids is 1. The molecule has 2 N–H and O–H groups in total. The molecule has 1 saturated heterocycles. The van der Waals surface area contributed by atoms with Crippen molar-refractivity contribution in [2.45, 2.75) is 31.7 Å². The first kappa shape index (κ1) is 13.9. The van der Waals surface area contributed by atoms with E-state index in [4.69, 9.17) is 0 Å². The highest BCUT2D eigenvalue weighted by molar-refractivity contribution is 5.76. The van der Waals surface area contributed by atoms with Crippen LogP contribution in [0.25, 0.3) is 0 Å². The minimum atomic E-state index is -0.480. The summed E-state index contributed by atoms with van der Waals surface area (Å²) in [5.74, 6) is -1.07. The van der Waals surface area contributed by atoms with Gasteiger partial charge in [-0.2, -0.15) is 0 Å². The zero-order valence-corrected chi connectivity index (χ0v) is 10.7. The van der Waals surface area contributed by atoms with Gasteiger partial charge in [-0.1, -0.05) is 0 Å². The molecule has 5 heteroatoms. The van der Waals surface area contributed by atoms with E-state index < -0.39 is 11.6 Å². The van der Waals surface area contributed by atoms with Gasteiger partial charge in [0.05, 0.1) is 0 Å². The highest BCUT2D eigenvalue weighted by Gasteiger charge is 2.14. The summed E-state index contributed by atoms with van der Waals surface area (Å²) >= 11 is 0. The first-order chi connectivity index (χ1) is 9.15. The molecule has 0 aromatic heterocycles. The van der Waals surface area contributed by atoms with Crippen molar-refractivity contribution in [1.29, 1.82) is 0 Å². The fraction of sp³-hybridized carbons (Fsp3) is 0.500. The van der Waals surface area contributed by atoms with Crippen LogP contribution in [-0.4, -0.2) is 25.0 Å². The van der Waals surface area contributed by atoms with Crippen molar-refractivity contribution in [2.24, 2.45) is 0 Å². The van der Waals surface area contributed by atoms with Gasteiger partial charge in [-0.05, 0) is 49.6 Å². The number of halogens is 2. The Morgan fingerprint density at radius 3 is 3.00 bits per heavy atom. The molecule has 1 aromatic rings. The Bertz CT molecular complexity index is 445. The van der Waals surface area contributed by atoms with Crippen LogP contribution in [-0.2, 0) is 11.2 Å². The van der Waals surface area contributed by atoms with Crippen LogP contribution >= 0.6 is 0 Å². The van der Waals surface area contributed by atoms with Gasteiger partial charge in [0.15, 0.2) is 0 Å². The fourth-order valence-corrected chi connectivity index (χ4v) is 2.24. The Hall–Kier alpha value is -1.49. The predicted molar refractivity (Wildman–Crippen MR) is 68.7 cm³/mol. The van der Waals surface area contributed by atoms with Crippen LogP contribution in [0.5, 0.6) is 0 Å². The standard InChI is InChI=1S/C14H18F2N2O/c15-11-4-5-13(16)10(8-11)3-6-14(19)18-9-12-2-1-7-17-12/h4-5,8,12,17H,1-3,6-7,9H2,(H,18,19). The van der Waals surface area contributed by atoms with E-state index in [1.165, 1.54) is 0 Å². The van der Waals surface area contributed by atoms with Crippen molar-refractivity contribution in [2.75, 3.05) is 13.1 Å². The molecule has 0 spiro atoms. The van der Waals surface area contributed by atoms with E-state index in [9.17, 15) is 13.6 Å². The molecule has 0 aliphatic carbocycles. The highest BCUT2D eigenvalue weighted by Crippen LogP contribution is 2.11. The summed E-state index contributed by atoms with van der Waals surface area (Å²) in [6.07, 6.45) is 2.59. The van der Waals surface area contributed by atoms with Crippen LogP contribution in [0.2, 0.25) is 0 Å². The molecule has 2 rings (SSSR count). The monoisotopic (exact) mass is 268 g/mol. The Balaban J connectivity index is 1.74. The zero-order valence-electron chi connectivity index (χ0n) is 10.7. The van der Waals surface area contributed by atoms with Gasteiger partial charge >= 0.3 is 0 Å². The minimum absolute atomic E-state index is 0.127. The van der Waals surface area contributed by atoms with Crippen molar-refractivity contribution in [3.05, 3.63) is 35.4 Å². The number of aryl methyl sites for hydroxylation is 1. The predicted octanol–water partition coefficient (Wildman–Crippen LogP) is 1.77. The lowest BCUT2D eigenvalue weighted by molar-refractivity contribution is -0.121. The van der Waals surface area contributed by atoms with Crippen molar-refractivity contribution in [3.8, 4) is 0 Å². The molecule has 1 fully saturated rings. The van der Waals surface area contributed by atoms with Crippen LogP contribution in [0.3, 0.4) is 0 Å². The normalized spacial score (nSPS) is 18.5. The maximum absolute atomic E-state index is 13.3. The Labute approximate surface area is 111 Å². The second-order valence-electron chi connectivity index (χ2n) is 4.83. The second-order valence-corrected chi connectivity index (χ2v) is 4.83. The van der Waals surface area contributed by atoms with Crippen LogP contribution in [0.15, 0.2) is 18.2 Å². The summed E-state index contributed by atoms with van der Waals surface area (Å²) in [6, 6.07) is 3.64. The molecule has 1 aliphatic heterocycles. The van der Waals surface area contributed by atoms with Gasteiger partial charge in [0.1, 0.15) is 11.6 Å². The summed E-state index contributed by atoms with van der Waals surface area (Å²) in [7, 11) is 0. The molecular weight excluding hydrogens is 250 g/mol. The topological polar surface area (TPSA) is 41.1 Å². The van der Waals surface area contributed by atoms with Crippen LogP contribution in [0.4, 0.5) is 8.78 Å². The van der Waals surface area contributed by atoms with Crippen LogP contribution in [0, 0.1) is 11.6 Å². The third-order valence-corrected chi connectivity index (χ3v) is 3.34. The number of carbonyl (C=O) groups is 1. The molecule has 104 valence electrons. The lowest BCUT2D eigenvalue weighted by atomic mass is 10.1. The second kappa shape index (κ2) is 6.61. The van der Waals surface area contributed by atoms with Gasteiger partial charge in [0, 0.05) is 19.0 Å². The first-order valence-electron chi connectivity index (χ1n) is 6.59. The van der Waals surface area contributed by atoms with Gasteiger partial charge in [0.25, 0.3) is 0 Å². The quantitative estimate of drug-likeness (QED) is 0.854. The number of nitrogens with one attached hydrogen (secondary N) is 2. The van der Waals surface area contributed by atoms with Crippen LogP contribution < -0.4 is 10.6 Å². The lowest BCUT2D eigenvalue weighted by Gasteiger charge is -2.11. The van der Waals surface area contributed by atoms with E-state index in [0.29, 0.717) is 12.6 Å². The summed E-state index contributed by atoms with van der Waals surface area (Å²) in [5, 5.41) is 6.09. The molecule has 1 aliphatic rings. The smallest absolute Gasteiger partial charge is 0.220 e. The SMILES string of the molecule is O=C(CCc1cc(F)ccc1F)NCC1CCCN1. The van der Waals surface area contributed by atoms with E-state index in [1.807, 2.05) is 0 Å². The maximum Gasteiger partial charge on any atom is 0.220 e. The summed E-state index contributed by atoms with van der Waals surface area (Å²) < 4.78 is 26.3. The average Bonchev–Trinajstić information content (AvgIpc) is 2.90. The van der Waals surface area contributed by atoms with Crippen molar-refractivity contribution < 1.29 is 13.6 Å². The number of amides is 1. The molecular formula is C14H18F2N2O.